The summed E-state index contributed by atoms with van der Waals surface area (Å²) in [7, 11) is 0. The molecule has 0 bridgehead atoms. The van der Waals surface area contributed by atoms with Crippen LogP contribution in [0.15, 0.2) is 67.3 Å². The predicted octanol–water partition coefficient (Wildman–Crippen LogP) is 6.45. The van der Waals surface area contributed by atoms with Crippen LogP contribution < -0.4 is 0 Å². The molecule has 0 spiro atoms. The van der Waals surface area contributed by atoms with Crippen LogP contribution in [-0.2, 0) is 12.8 Å². The van der Waals surface area contributed by atoms with Gasteiger partial charge in [-0.25, -0.2) is 4.39 Å². The highest BCUT2D eigenvalue weighted by atomic mass is 19.1. The average molecular weight is 342 g/mol. The van der Waals surface area contributed by atoms with Gasteiger partial charge in [-0.2, -0.15) is 0 Å². The normalized spacial score (nSPS) is 10.4. The molecule has 26 heavy (non-hydrogen) atoms. The highest BCUT2D eigenvalue weighted by Crippen LogP contribution is 2.22. The molecule has 130 valence electrons. The standard InChI is InChI=1S/C25H23F/c1-3-5-7-19-8-10-20(11-9-19)12-14-22-15-16-23-18-21(6-4-2)13-17-24(23)25(22)26/h3,8-11,13,15-18H,1,4-7H2,2H3. The van der Waals surface area contributed by atoms with E-state index in [0.29, 0.717) is 10.9 Å². The molecule has 0 saturated heterocycles. The molecule has 3 aromatic carbocycles. The van der Waals surface area contributed by atoms with E-state index >= 15 is 0 Å². The second kappa shape index (κ2) is 8.50. The molecule has 0 aliphatic heterocycles. The number of hydrogen-bond acceptors (Lipinski definition) is 0. The van der Waals surface area contributed by atoms with Crippen LogP contribution in [0.4, 0.5) is 4.39 Å². The van der Waals surface area contributed by atoms with Crippen molar-refractivity contribution in [1.29, 1.82) is 0 Å². The molecule has 0 atom stereocenters. The third-order valence-corrected chi connectivity index (χ3v) is 4.49. The molecule has 3 rings (SSSR count). The van der Waals surface area contributed by atoms with Gasteiger partial charge in [-0.1, -0.05) is 67.7 Å². The maximum Gasteiger partial charge on any atom is 0.146 e. The molecule has 0 fully saturated rings. The van der Waals surface area contributed by atoms with E-state index in [0.717, 1.165) is 36.6 Å². The van der Waals surface area contributed by atoms with Crippen LogP contribution in [0.5, 0.6) is 0 Å². The Morgan fingerprint density at radius 2 is 1.69 bits per heavy atom. The number of hydrogen-bond donors (Lipinski definition) is 0. The van der Waals surface area contributed by atoms with Gasteiger partial charge in [0.05, 0.1) is 5.56 Å². The van der Waals surface area contributed by atoms with Crippen LogP contribution in [0, 0.1) is 17.7 Å². The molecule has 0 amide bonds. The fourth-order valence-electron chi connectivity index (χ4n) is 3.05. The SMILES string of the molecule is C=CCCc1ccc(C#Cc2ccc3cc(CCC)ccc3c2F)cc1. The second-order valence-corrected chi connectivity index (χ2v) is 6.51. The Morgan fingerprint density at radius 1 is 0.923 bits per heavy atom. The summed E-state index contributed by atoms with van der Waals surface area (Å²) in [4.78, 5) is 0. The lowest BCUT2D eigenvalue weighted by Crippen LogP contribution is -1.89. The number of aryl methyl sites for hydroxylation is 2. The highest BCUT2D eigenvalue weighted by molar-refractivity contribution is 5.85. The van der Waals surface area contributed by atoms with Crippen molar-refractivity contribution < 1.29 is 4.39 Å². The van der Waals surface area contributed by atoms with Crippen molar-refractivity contribution in [1.82, 2.24) is 0 Å². The van der Waals surface area contributed by atoms with Gasteiger partial charge < -0.3 is 0 Å². The third-order valence-electron chi connectivity index (χ3n) is 4.49. The molecule has 3 aromatic rings. The Hall–Kier alpha value is -2.85. The number of benzene rings is 3. The van der Waals surface area contributed by atoms with E-state index in [1.807, 2.05) is 36.4 Å². The smallest absolute Gasteiger partial charge is 0.146 e. The van der Waals surface area contributed by atoms with Gasteiger partial charge in [0.1, 0.15) is 5.82 Å². The first-order valence-electron chi connectivity index (χ1n) is 9.14. The largest absolute Gasteiger partial charge is 0.205 e. The quantitative estimate of drug-likeness (QED) is 0.369. The molecular formula is C25H23F. The summed E-state index contributed by atoms with van der Waals surface area (Å²) in [5, 5.41) is 1.57. The Balaban J connectivity index is 1.85. The molecule has 0 radical (unpaired) electrons. The van der Waals surface area contributed by atoms with E-state index in [-0.39, 0.29) is 5.82 Å². The predicted molar refractivity (Wildman–Crippen MR) is 109 cm³/mol. The van der Waals surface area contributed by atoms with Crippen LogP contribution in [0.25, 0.3) is 10.8 Å². The van der Waals surface area contributed by atoms with Crippen LogP contribution in [0.2, 0.25) is 0 Å². The van der Waals surface area contributed by atoms with Crippen molar-refractivity contribution in [3.05, 3.63) is 95.3 Å². The van der Waals surface area contributed by atoms with Crippen LogP contribution in [0.1, 0.15) is 42.0 Å². The van der Waals surface area contributed by atoms with Crippen molar-refractivity contribution in [2.75, 3.05) is 0 Å². The molecule has 0 aromatic heterocycles. The summed E-state index contributed by atoms with van der Waals surface area (Å²) in [5.74, 6) is 5.82. The molecule has 0 heterocycles. The maximum atomic E-state index is 14.8. The zero-order valence-electron chi connectivity index (χ0n) is 15.2. The fourth-order valence-corrected chi connectivity index (χ4v) is 3.05. The Bertz CT molecular complexity index is 969. The van der Waals surface area contributed by atoms with Crippen molar-refractivity contribution in [3.8, 4) is 11.8 Å². The van der Waals surface area contributed by atoms with Crippen LogP contribution in [0.3, 0.4) is 0 Å². The van der Waals surface area contributed by atoms with Gasteiger partial charge in [-0.15, -0.1) is 6.58 Å². The van der Waals surface area contributed by atoms with E-state index in [2.05, 4.69) is 43.5 Å². The van der Waals surface area contributed by atoms with Crippen molar-refractivity contribution in [2.24, 2.45) is 0 Å². The molecule has 0 aliphatic rings. The first-order chi connectivity index (χ1) is 12.7. The topological polar surface area (TPSA) is 0 Å². The van der Waals surface area contributed by atoms with Gasteiger partial charge in [-0.3, -0.25) is 0 Å². The maximum absolute atomic E-state index is 14.8. The number of rotatable bonds is 5. The Labute approximate surface area is 155 Å². The van der Waals surface area contributed by atoms with E-state index in [1.165, 1.54) is 11.1 Å². The number of halogens is 1. The highest BCUT2D eigenvalue weighted by Gasteiger charge is 2.06. The van der Waals surface area contributed by atoms with E-state index in [1.54, 1.807) is 6.07 Å². The minimum absolute atomic E-state index is 0.236. The van der Waals surface area contributed by atoms with Gasteiger partial charge in [0.15, 0.2) is 0 Å². The molecule has 0 nitrogen and oxygen atoms in total. The van der Waals surface area contributed by atoms with E-state index < -0.39 is 0 Å². The first kappa shape index (κ1) is 18.0. The summed E-state index contributed by atoms with van der Waals surface area (Å²) in [6.45, 7) is 5.89. The molecule has 0 saturated carbocycles. The average Bonchev–Trinajstić information content (AvgIpc) is 2.67. The summed E-state index contributed by atoms with van der Waals surface area (Å²) in [6, 6.07) is 17.8. The minimum Gasteiger partial charge on any atom is -0.205 e. The number of fused-ring (bicyclic) bond motifs is 1. The second-order valence-electron chi connectivity index (χ2n) is 6.51. The van der Waals surface area contributed by atoms with Crippen molar-refractivity contribution >= 4 is 10.8 Å². The Morgan fingerprint density at radius 3 is 2.42 bits per heavy atom. The van der Waals surface area contributed by atoms with Gasteiger partial charge in [0.25, 0.3) is 0 Å². The lowest BCUT2D eigenvalue weighted by atomic mass is 10.0. The third kappa shape index (κ3) is 4.21. The first-order valence-corrected chi connectivity index (χ1v) is 9.14. The summed E-state index contributed by atoms with van der Waals surface area (Å²) in [5.41, 5.74) is 3.84. The van der Waals surface area contributed by atoms with Crippen LogP contribution in [-0.4, -0.2) is 0 Å². The van der Waals surface area contributed by atoms with Gasteiger partial charge >= 0.3 is 0 Å². The van der Waals surface area contributed by atoms with Crippen LogP contribution >= 0.6 is 0 Å². The van der Waals surface area contributed by atoms with Gasteiger partial charge in [0.2, 0.25) is 0 Å². The minimum atomic E-state index is -0.236. The monoisotopic (exact) mass is 342 g/mol. The molecular weight excluding hydrogens is 319 g/mol. The molecule has 0 unspecified atom stereocenters. The lowest BCUT2D eigenvalue weighted by molar-refractivity contribution is 0.636. The van der Waals surface area contributed by atoms with Gasteiger partial charge in [0, 0.05) is 10.9 Å². The molecule has 1 heteroatoms. The van der Waals surface area contributed by atoms with E-state index in [4.69, 9.17) is 0 Å². The molecule has 0 aliphatic carbocycles. The fraction of sp³-hybridized carbons (Fsp3) is 0.200. The number of allylic oxidation sites excluding steroid dienone is 1. The molecule has 0 N–H and O–H groups in total. The zero-order valence-corrected chi connectivity index (χ0v) is 15.2. The Kier molecular flexibility index (Phi) is 5.87. The van der Waals surface area contributed by atoms with Crippen molar-refractivity contribution in [2.45, 2.75) is 32.6 Å². The lowest BCUT2D eigenvalue weighted by Gasteiger charge is -2.05. The van der Waals surface area contributed by atoms with E-state index in [9.17, 15) is 4.39 Å². The summed E-state index contributed by atoms with van der Waals surface area (Å²) < 4.78 is 14.8. The zero-order chi connectivity index (χ0) is 18.4. The van der Waals surface area contributed by atoms with Crippen molar-refractivity contribution in [3.63, 3.8) is 0 Å². The summed E-state index contributed by atoms with van der Waals surface area (Å²) in [6.07, 6.45) is 5.97. The summed E-state index contributed by atoms with van der Waals surface area (Å²) >= 11 is 0. The van der Waals surface area contributed by atoms with Gasteiger partial charge in [-0.05, 0) is 54.0 Å².